The number of imidazole rings is 1. The molecule has 6 nitrogen and oxygen atoms in total. The van der Waals surface area contributed by atoms with Gasteiger partial charge in [0.05, 0.1) is 12.1 Å². The van der Waals surface area contributed by atoms with E-state index in [-0.39, 0.29) is 29.9 Å². The first-order valence-electron chi connectivity index (χ1n) is 6.64. The minimum absolute atomic E-state index is 0.00820. The van der Waals surface area contributed by atoms with Crippen LogP contribution in [0.25, 0.3) is 11.0 Å². The van der Waals surface area contributed by atoms with Gasteiger partial charge in [0, 0.05) is 12.6 Å². The van der Waals surface area contributed by atoms with Crippen LogP contribution in [0.15, 0.2) is 12.1 Å². The Morgan fingerprint density at radius 1 is 1.45 bits per heavy atom. The zero-order chi connectivity index (χ0) is 15.9. The number of hydrogen-bond acceptors (Lipinski definition) is 4. The van der Waals surface area contributed by atoms with E-state index >= 15 is 0 Å². The molecule has 2 heterocycles. The molecular formula is C13H13F3N4O2. The predicted octanol–water partition coefficient (Wildman–Crippen LogP) is 1.85. The molecule has 118 valence electrons. The molecule has 2 aromatic rings. The van der Waals surface area contributed by atoms with Crippen molar-refractivity contribution < 1.29 is 22.7 Å². The molecule has 1 saturated heterocycles. The molecule has 1 aliphatic rings. The molecule has 3 rings (SSSR count). The number of fused-ring (bicyclic) bond motifs is 1. The van der Waals surface area contributed by atoms with Gasteiger partial charge in [0.15, 0.2) is 11.9 Å². The van der Waals surface area contributed by atoms with Crippen LogP contribution in [-0.2, 0) is 4.74 Å². The fourth-order valence-electron chi connectivity index (χ4n) is 2.52. The number of alkyl halides is 1. The van der Waals surface area contributed by atoms with E-state index in [1.165, 1.54) is 0 Å². The second-order valence-corrected chi connectivity index (χ2v) is 5.07. The van der Waals surface area contributed by atoms with Gasteiger partial charge in [-0.3, -0.25) is 0 Å². The number of carbonyl (C=O) groups is 1. The van der Waals surface area contributed by atoms with Crippen LogP contribution in [-0.4, -0.2) is 41.4 Å². The van der Waals surface area contributed by atoms with Crippen molar-refractivity contribution in [1.29, 1.82) is 0 Å². The summed E-state index contributed by atoms with van der Waals surface area (Å²) in [6, 6.07) is 1.86. The van der Waals surface area contributed by atoms with Crippen molar-refractivity contribution >= 4 is 23.1 Å². The number of benzene rings is 1. The summed E-state index contributed by atoms with van der Waals surface area (Å²) in [5.74, 6) is -1.26. The second kappa shape index (κ2) is 5.39. The average Bonchev–Trinajstić information content (AvgIpc) is 2.85. The molecule has 0 aliphatic carbocycles. The summed E-state index contributed by atoms with van der Waals surface area (Å²) in [6.07, 6.45) is -3.32. The highest BCUT2D eigenvalue weighted by atomic mass is 19.1. The molecule has 1 aromatic carbocycles. The number of carbonyl (C=O) groups excluding carboxylic acids is 1. The van der Waals surface area contributed by atoms with Gasteiger partial charge in [-0.05, 0) is 12.5 Å². The highest BCUT2D eigenvalue weighted by Crippen LogP contribution is 2.25. The van der Waals surface area contributed by atoms with E-state index in [0.29, 0.717) is 6.54 Å². The van der Waals surface area contributed by atoms with Gasteiger partial charge < -0.3 is 20.4 Å². The van der Waals surface area contributed by atoms with Crippen LogP contribution in [0.3, 0.4) is 0 Å². The molecule has 0 radical (unpaired) electrons. The van der Waals surface area contributed by atoms with Gasteiger partial charge >= 0.3 is 6.09 Å². The lowest BCUT2D eigenvalue weighted by atomic mass is 10.1. The smallest absolute Gasteiger partial charge is 0.404 e. The lowest BCUT2D eigenvalue weighted by Gasteiger charge is -2.33. The van der Waals surface area contributed by atoms with Crippen LogP contribution < -0.4 is 10.6 Å². The van der Waals surface area contributed by atoms with Crippen LogP contribution in [0.5, 0.6) is 0 Å². The number of amides is 1. The zero-order valence-electron chi connectivity index (χ0n) is 11.4. The first-order chi connectivity index (χ1) is 10.4. The topological polar surface area (TPSA) is 84.2 Å². The number of nitrogens with zero attached hydrogens (tertiary/aromatic N) is 2. The summed E-state index contributed by atoms with van der Waals surface area (Å²) in [7, 11) is 0. The maximum absolute atomic E-state index is 13.7. The summed E-state index contributed by atoms with van der Waals surface area (Å²) < 4.78 is 45.3. The maximum Gasteiger partial charge on any atom is 0.404 e. The van der Waals surface area contributed by atoms with E-state index in [0.717, 1.165) is 12.1 Å². The fourth-order valence-corrected chi connectivity index (χ4v) is 2.52. The van der Waals surface area contributed by atoms with Crippen molar-refractivity contribution in [3.05, 3.63) is 23.8 Å². The number of nitrogens with two attached hydrogens (primary N) is 1. The molecule has 9 heteroatoms. The number of primary amides is 1. The largest absolute Gasteiger partial charge is 0.441 e. The lowest BCUT2D eigenvalue weighted by Crippen LogP contribution is -2.48. The molecule has 22 heavy (non-hydrogen) atoms. The summed E-state index contributed by atoms with van der Waals surface area (Å²) in [5.41, 5.74) is 5.09. The number of aromatic nitrogens is 2. The molecule has 2 atom stereocenters. The number of nitrogens with one attached hydrogen (secondary N) is 1. The molecule has 0 saturated carbocycles. The Balaban J connectivity index is 1.87. The summed E-state index contributed by atoms with van der Waals surface area (Å²) in [4.78, 5) is 19.2. The Bertz CT molecular complexity index is 721. The van der Waals surface area contributed by atoms with Gasteiger partial charge in [0.25, 0.3) is 0 Å². The highest BCUT2D eigenvalue weighted by molar-refractivity contribution is 5.78. The summed E-state index contributed by atoms with van der Waals surface area (Å²) in [5, 5.41) is 0. The van der Waals surface area contributed by atoms with Crippen LogP contribution in [0.2, 0.25) is 0 Å². The lowest BCUT2D eigenvalue weighted by molar-refractivity contribution is 0.0405. The van der Waals surface area contributed by atoms with Gasteiger partial charge in [-0.1, -0.05) is 0 Å². The van der Waals surface area contributed by atoms with Gasteiger partial charge in [0.2, 0.25) is 5.95 Å². The van der Waals surface area contributed by atoms with Crippen molar-refractivity contribution in [3.63, 3.8) is 0 Å². The van der Waals surface area contributed by atoms with E-state index in [1.807, 2.05) is 0 Å². The molecule has 0 bridgehead atoms. The van der Waals surface area contributed by atoms with Crippen LogP contribution >= 0.6 is 0 Å². The van der Waals surface area contributed by atoms with Gasteiger partial charge in [-0.15, -0.1) is 0 Å². The van der Waals surface area contributed by atoms with E-state index in [9.17, 15) is 18.0 Å². The first kappa shape index (κ1) is 14.5. The number of halogens is 3. The third kappa shape index (κ3) is 2.66. The van der Waals surface area contributed by atoms with Crippen molar-refractivity contribution in [2.75, 3.05) is 18.0 Å². The Kier molecular flexibility index (Phi) is 3.55. The minimum Gasteiger partial charge on any atom is -0.441 e. The molecule has 0 spiro atoms. The number of ether oxygens (including phenoxy) is 1. The Morgan fingerprint density at radius 2 is 2.23 bits per heavy atom. The molecule has 1 fully saturated rings. The van der Waals surface area contributed by atoms with Crippen molar-refractivity contribution in [2.24, 2.45) is 5.73 Å². The summed E-state index contributed by atoms with van der Waals surface area (Å²) in [6.45, 7) is 0.317. The van der Waals surface area contributed by atoms with E-state index < -0.39 is 30.0 Å². The van der Waals surface area contributed by atoms with Crippen LogP contribution in [0.1, 0.15) is 6.42 Å². The number of piperidine rings is 1. The van der Waals surface area contributed by atoms with Crippen LogP contribution in [0, 0.1) is 11.6 Å². The van der Waals surface area contributed by atoms with Crippen molar-refractivity contribution in [2.45, 2.75) is 18.7 Å². The molecule has 1 aromatic heterocycles. The molecule has 3 N–H and O–H groups in total. The zero-order valence-corrected chi connectivity index (χ0v) is 11.4. The first-order valence-corrected chi connectivity index (χ1v) is 6.64. The van der Waals surface area contributed by atoms with Crippen molar-refractivity contribution in [1.82, 2.24) is 9.97 Å². The monoisotopic (exact) mass is 314 g/mol. The van der Waals surface area contributed by atoms with Gasteiger partial charge in [0.1, 0.15) is 17.5 Å². The average molecular weight is 314 g/mol. The SMILES string of the molecule is NC(=O)O[C@@H]1CN(c2nc3c(F)cc(F)cc3[nH]2)CC[C@H]1F. The van der Waals surface area contributed by atoms with E-state index in [4.69, 9.17) is 10.5 Å². The Labute approximate surface area is 123 Å². The standard InChI is InChI=1S/C13H13F3N4O2/c14-6-3-8(16)11-9(4-6)18-13(19-11)20-2-1-7(15)10(5-20)22-12(17)21/h3-4,7,10H,1-2,5H2,(H2,17,21)(H,18,19)/t7-,10-/m1/s1. The molecule has 0 unspecified atom stereocenters. The normalized spacial score (nSPS) is 22.0. The number of H-pyrrole nitrogens is 1. The molecule has 1 amide bonds. The quantitative estimate of drug-likeness (QED) is 0.886. The molecular weight excluding hydrogens is 301 g/mol. The van der Waals surface area contributed by atoms with E-state index in [1.54, 1.807) is 4.90 Å². The maximum atomic E-state index is 13.7. The number of hydrogen-bond donors (Lipinski definition) is 2. The van der Waals surface area contributed by atoms with Crippen molar-refractivity contribution in [3.8, 4) is 0 Å². The fraction of sp³-hybridized carbons (Fsp3) is 0.385. The van der Waals surface area contributed by atoms with Gasteiger partial charge in [-0.25, -0.2) is 22.9 Å². The van der Waals surface area contributed by atoms with E-state index in [2.05, 4.69) is 9.97 Å². The Hall–Kier alpha value is -2.45. The Morgan fingerprint density at radius 3 is 2.95 bits per heavy atom. The second-order valence-electron chi connectivity index (χ2n) is 5.07. The summed E-state index contributed by atoms with van der Waals surface area (Å²) >= 11 is 0. The third-order valence-corrected chi connectivity index (χ3v) is 3.54. The third-order valence-electron chi connectivity index (χ3n) is 3.54. The minimum atomic E-state index is -1.33. The van der Waals surface area contributed by atoms with Gasteiger partial charge in [-0.2, -0.15) is 0 Å². The van der Waals surface area contributed by atoms with Crippen LogP contribution in [0.4, 0.5) is 23.9 Å². The number of rotatable bonds is 2. The number of aromatic amines is 1. The highest BCUT2D eigenvalue weighted by Gasteiger charge is 2.33. The predicted molar refractivity (Wildman–Crippen MR) is 72.2 cm³/mol. The molecule has 1 aliphatic heterocycles. The number of anilines is 1.